The van der Waals surface area contributed by atoms with Gasteiger partial charge in [-0.3, -0.25) is 14.4 Å². The molecule has 1 saturated heterocycles. The molecule has 0 spiro atoms. The van der Waals surface area contributed by atoms with Crippen LogP contribution in [0.2, 0.25) is 0 Å². The van der Waals surface area contributed by atoms with Gasteiger partial charge in [-0.15, -0.1) is 0 Å². The van der Waals surface area contributed by atoms with Crippen molar-refractivity contribution < 1.29 is 13.2 Å². The molecule has 1 aliphatic rings. The van der Waals surface area contributed by atoms with Crippen molar-refractivity contribution in [2.24, 2.45) is 10.9 Å². The van der Waals surface area contributed by atoms with Crippen molar-refractivity contribution in [3.05, 3.63) is 59.7 Å². The van der Waals surface area contributed by atoms with Crippen LogP contribution in [0, 0.1) is 17.2 Å². The number of rotatable bonds is 4. The fourth-order valence-corrected chi connectivity index (χ4v) is 5.06. The number of pyridine rings is 1. The molecule has 0 aliphatic carbocycles. The molecule has 7 nitrogen and oxygen atoms in total. The molecule has 0 radical (unpaired) electrons. The molecule has 1 fully saturated rings. The molecule has 29 heavy (non-hydrogen) atoms. The van der Waals surface area contributed by atoms with Gasteiger partial charge in [-0.1, -0.05) is 18.2 Å². The zero-order valence-electron chi connectivity index (χ0n) is 16.5. The van der Waals surface area contributed by atoms with Gasteiger partial charge < -0.3 is 0 Å². The first kappa shape index (κ1) is 21.0. The quantitative estimate of drug-likeness (QED) is 0.770. The van der Waals surface area contributed by atoms with Gasteiger partial charge in [0.2, 0.25) is 15.9 Å². The summed E-state index contributed by atoms with van der Waals surface area (Å²) < 4.78 is 28.8. The maximum atomic E-state index is 13.0. The lowest BCUT2D eigenvalue weighted by molar-refractivity contribution is 0.0781. The Morgan fingerprint density at radius 3 is 2.45 bits per heavy atom. The average Bonchev–Trinajstić information content (AvgIpc) is 2.73. The molecule has 1 aromatic heterocycles. The predicted molar refractivity (Wildman–Crippen MR) is 108 cm³/mol. The van der Waals surface area contributed by atoms with Crippen molar-refractivity contribution in [2.75, 3.05) is 13.1 Å². The Bertz CT molecular complexity index is 1100. The minimum atomic E-state index is -3.77. The van der Waals surface area contributed by atoms with Crippen LogP contribution in [0.15, 0.2) is 58.5 Å². The number of hydrogen-bond acceptors (Lipinski definition) is 5. The summed E-state index contributed by atoms with van der Waals surface area (Å²) in [7, 11) is -3.77. The molecule has 0 atom stereocenters. The molecule has 0 saturated carbocycles. The van der Waals surface area contributed by atoms with E-state index in [9.17, 15) is 18.5 Å². The molecular weight excluding hydrogens is 388 g/mol. The first-order valence-corrected chi connectivity index (χ1v) is 11.0. The summed E-state index contributed by atoms with van der Waals surface area (Å²) in [6.07, 6.45) is 2.56. The molecule has 0 N–H and O–H groups in total. The highest BCUT2D eigenvalue weighted by molar-refractivity contribution is 7.89. The van der Waals surface area contributed by atoms with Crippen LogP contribution in [0.3, 0.4) is 0 Å². The largest absolute Gasteiger partial charge is 0.274 e. The summed E-state index contributed by atoms with van der Waals surface area (Å²) >= 11 is 0. The average molecular weight is 413 g/mol. The van der Waals surface area contributed by atoms with Crippen LogP contribution in [-0.2, 0) is 10.0 Å². The summed E-state index contributed by atoms with van der Waals surface area (Å²) in [6.45, 7) is 4.37. The monoisotopic (exact) mass is 412 g/mol. The van der Waals surface area contributed by atoms with Gasteiger partial charge in [0.1, 0.15) is 11.6 Å². The number of sulfonamides is 1. The lowest BCUT2D eigenvalue weighted by Gasteiger charge is -2.30. The van der Waals surface area contributed by atoms with Crippen molar-refractivity contribution >= 4 is 15.9 Å². The first-order valence-electron chi connectivity index (χ1n) is 9.59. The second-order valence-electron chi connectivity index (χ2n) is 7.28. The highest BCUT2D eigenvalue weighted by Gasteiger charge is 2.33. The molecule has 152 valence electrons. The molecule has 1 aliphatic heterocycles. The van der Waals surface area contributed by atoms with E-state index in [1.807, 2.05) is 26.0 Å². The summed E-state index contributed by atoms with van der Waals surface area (Å²) in [5.41, 5.74) is 0.732. The zero-order valence-corrected chi connectivity index (χ0v) is 17.3. The highest BCUT2D eigenvalue weighted by atomic mass is 32.2. The number of carbonyl (C=O) groups is 1. The molecule has 0 amide bonds. The van der Waals surface area contributed by atoms with Gasteiger partial charge >= 0.3 is 0 Å². The van der Waals surface area contributed by atoms with Crippen LogP contribution in [-0.4, -0.2) is 42.3 Å². The summed E-state index contributed by atoms with van der Waals surface area (Å²) in [6, 6.07) is 13.6. The van der Waals surface area contributed by atoms with E-state index in [1.165, 1.54) is 16.4 Å². The van der Waals surface area contributed by atoms with E-state index in [4.69, 9.17) is 0 Å². The van der Waals surface area contributed by atoms with Gasteiger partial charge in [0.25, 0.3) is 0 Å². The lowest BCUT2D eigenvalue weighted by Crippen LogP contribution is -2.42. The topological polar surface area (TPSA) is 95.5 Å². The van der Waals surface area contributed by atoms with E-state index < -0.39 is 10.0 Å². The van der Waals surface area contributed by atoms with Gasteiger partial charge in [-0.2, -0.15) is 9.57 Å². The van der Waals surface area contributed by atoms with Gasteiger partial charge in [0.15, 0.2) is 0 Å². The van der Waals surface area contributed by atoms with Crippen LogP contribution < -0.4 is 5.49 Å². The van der Waals surface area contributed by atoms with Gasteiger partial charge in [0, 0.05) is 31.2 Å². The number of benzene rings is 1. The molecule has 3 rings (SSSR count). The number of carbonyl (C=O) groups excluding carboxylic acids is 1. The maximum absolute atomic E-state index is 13.0. The number of hydrogen-bond donors (Lipinski definition) is 0. The summed E-state index contributed by atoms with van der Waals surface area (Å²) in [4.78, 5) is 17.5. The fraction of sp³-hybridized carbons (Fsp3) is 0.381. The Morgan fingerprint density at radius 2 is 1.79 bits per heavy atom. The summed E-state index contributed by atoms with van der Waals surface area (Å²) in [5, 5.41) is 9.22. The lowest BCUT2D eigenvalue weighted by atomic mass is 9.97. The standard InChI is InChI=1S/C21H24N4O3S/c1-16(2)23-20-9-5-6-12-25(20)21(26)17-10-13-24(14-11-17)29(27,28)19-8-4-3-7-18(19)15-22/h3-9,12,16-17H,10-11,13-14H2,1-2H3. The third-order valence-electron chi connectivity index (χ3n) is 4.89. The number of aromatic nitrogens is 1. The van der Waals surface area contributed by atoms with Gasteiger partial charge in [0.05, 0.1) is 10.5 Å². The Balaban J connectivity index is 1.78. The maximum Gasteiger partial charge on any atom is 0.244 e. The van der Waals surface area contributed by atoms with Crippen LogP contribution in [0.1, 0.15) is 37.0 Å². The third-order valence-corrected chi connectivity index (χ3v) is 6.85. The van der Waals surface area contributed by atoms with E-state index in [2.05, 4.69) is 4.99 Å². The Morgan fingerprint density at radius 1 is 1.14 bits per heavy atom. The zero-order chi connectivity index (χ0) is 21.0. The van der Waals surface area contributed by atoms with Crippen LogP contribution >= 0.6 is 0 Å². The summed E-state index contributed by atoms with van der Waals surface area (Å²) in [5.74, 6) is -0.347. The second kappa shape index (κ2) is 8.72. The highest BCUT2D eigenvalue weighted by Crippen LogP contribution is 2.26. The predicted octanol–water partition coefficient (Wildman–Crippen LogP) is 2.41. The molecule has 2 aromatic rings. The fourth-order valence-electron chi connectivity index (χ4n) is 3.45. The number of nitrogens with zero attached hydrogens (tertiary/aromatic N) is 4. The van der Waals surface area contributed by atoms with Crippen LogP contribution in [0.5, 0.6) is 0 Å². The van der Waals surface area contributed by atoms with E-state index >= 15 is 0 Å². The van der Waals surface area contributed by atoms with Crippen LogP contribution in [0.25, 0.3) is 0 Å². The number of piperidine rings is 1. The molecule has 0 bridgehead atoms. The minimum Gasteiger partial charge on any atom is -0.274 e. The van der Waals surface area contributed by atoms with Crippen molar-refractivity contribution in [3.63, 3.8) is 0 Å². The van der Waals surface area contributed by atoms with Gasteiger partial charge in [-0.25, -0.2) is 8.42 Å². The van der Waals surface area contributed by atoms with Crippen molar-refractivity contribution in [1.29, 1.82) is 5.26 Å². The molecular formula is C21H24N4O3S. The second-order valence-corrected chi connectivity index (χ2v) is 9.18. The molecule has 2 heterocycles. The van der Waals surface area contributed by atoms with E-state index in [-0.39, 0.29) is 41.4 Å². The first-order chi connectivity index (χ1) is 13.8. The van der Waals surface area contributed by atoms with Crippen molar-refractivity contribution in [1.82, 2.24) is 8.87 Å². The van der Waals surface area contributed by atoms with E-state index in [1.54, 1.807) is 35.0 Å². The third kappa shape index (κ3) is 4.47. The van der Waals surface area contributed by atoms with E-state index in [0.29, 0.717) is 18.3 Å². The Labute approximate surface area is 171 Å². The Hall–Kier alpha value is -2.76. The molecule has 0 unspecified atom stereocenters. The number of nitriles is 1. The van der Waals surface area contributed by atoms with E-state index in [0.717, 1.165) is 0 Å². The SMILES string of the molecule is CC(C)N=c1ccccn1C(=O)C1CCN(S(=O)(=O)c2ccccc2C#N)CC1. The molecule has 8 heteroatoms. The van der Waals surface area contributed by atoms with Crippen molar-refractivity contribution in [3.8, 4) is 6.07 Å². The normalized spacial score (nSPS) is 16.7. The Kier molecular flexibility index (Phi) is 6.30. The van der Waals surface area contributed by atoms with Crippen LogP contribution in [0.4, 0.5) is 0 Å². The van der Waals surface area contributed by atoms with Gasteiger partial charge in [-0.05, 0) is 51.0 Å². The molecule has 1 aromatic carbocycles. The minimum absolute atomic E-state index is 0.0164. The smallest absolute Gasteiger partial charge is 0.244 e. The van der Waals surface area contributed by atoms with Crippen molar-refractivity contribution in [2.45, 2.75) is 37.6 Å².